The van der Waals surface area contributed by atoms with E-state index < -0.39 is 0 Å². The maximum absolute atomic E-state index is 13.4. The summed E-state index contributed by atoms with van der Waals surface area (Å²) in [7, 11) is 0. The summed E-state index contributed by atoms with van der Waals surface area (Å²) in [4.78, 5) is 4.30. The van der Waals surface area contributed by atoms with Crippen LogP contribution in [0.4, 0.5) is 10.3 Å². The van der Waals surface area contributed by atoms with E-state index in [4.69, 9.17) is 5.73 Å². The first kappa shape index (κ1) is 13.8. The number of imidazole rings is 1. The molecule has 0 bridgehead atoms. The average Bonchev–Trinajstić information content (AvgIpc) is 2.60. The van der Waals surface area contributed by atoms with Crippen molar-refractivity contribution in [3.05, 3.63) is 24.0 Å². The van der Waals surface area contributed by atoms with Gasteiger partial charge in [-0.3, -0.25) is 0 Å². The van der Waals surface area contributed by atoms with E-state index in [1.807, 2.05) is 4.57 Å². The SMILES string of the molecule is CC(C)C(Cn1c(N)nc2ccc(F)cc21)C(C)C. The first-order valence-corrected chi connectivity index (χ1v) is 6.81. The molecule has 1 aromatic heterocycles. The summed E-state index contributed by atoms with van der Waals surface area (Å²) < 4.78 is 15.3. The Hall–Kier alpha value is -1.58. The Labute approximate surface area is 113 Å². The van der Waals surface area contributed by atoms with Gasteiger partial charge in [0.05, 0.1) is 11.0 Å². The molecule has 0 aliphatic heterocycles. The molecular weight excluding hydrogens is 241 g/mol. The van der Waals surface area contributed by atoms with E-state index in [-0.39, 0.29) is 5.82 Å². The lowest BCUT2D eigenvalue weighted by Gasteiger charge is -2.25. The van der Waals surface area contributed by atoms with Gasteiger partial charge in [-0.1, -0.05) is 27.7 Å². The summed E-state index contributed by atoms with van der Waals surface area (Å²) in [6, 6.07) is 4.61. The fourth-order valence-corrected chi connectivity index (χ4v) is 2.71. The number of aromatic nitrogens is 2. The predicted octanol–water partition coefficient (Wildman–Crippen LogP) is 3.69. The van der Waals surface area contributed by atoms with Gasteiger partial charge in [0.1, 0.15) is 5.82 Å². The van der Waals surface area contributed by atoms with Gasteiger partial charge in [-0.05, 0) is 36.0 Å². The van der Waals surface area contributed by atoms with Crippen LogP contribution in [0.1, 0.15) is 27.7 Å². The number of nitrogen functional groups attached to an aromatic ring is 1. The summed E-state index contributed by atoms with van der Waals surface area (Å²) in [5.41, 5.74) is 7.52. The monoisotopic (exact) mass is 263 g/mol. The molecule has 3 nitrogen and oxygen atoms in total. The van der Waals surface area contributed by atoms with Gasteiger partial charge in [-0.15, -0.1) is 0 Å². The van der Waals surface area contributed by atoms with Crippen molar-refractivity contribution in [1.82, 2.24) is 9.55 Å². The summed E-state index contributed by atoms with van der Waals surface area (Å²) in [6.45, 7) is 9.61. The zero-order chi connectivity index (χ0) is 14.2. The maximum Gasteiger partial charge on any atom is 0.201 e. The van der Waals surface area contributed by atoms with Crippen LogP contribution in [0.5, 0.6) is 0 Å². The molecule has 2 rings (SSSR count). The van der Waals surface area contributed by atoms with Crippen LogP contribution >= 0.6 is 0 Å². The molecule has 2 aromatic rings. The van der Waals surface area contributed by atoms with E-state index >= 15 is 0 Å². The number of halogens is 1. The molecule has 0 radical (unpaired) electrons. The number of nitrogens with two attached hydrogens (primary N) is 1. The third kappa shape index (κ3) is 2.72. The van der Waals surface area contributed by atoms with E-state index in [9.17, 15) is 4.39 Å². The number of anilines is 1. The van der Waals surface area contributed by atoms with E-state index in [0.717, 1.165) is 17.6 Å². The molecule has 0 saturated carbocycles. The van der Waals surface area contributed by atoms with Crippen molar-refractivity contribution in [2.75, 3.05) is 5.73 Å². The van der Waals surface area contributed by atoms with Crippen molar-refractivity contribution >= 4 is 17.0 Å². The highest BCUT2D eigenvalue weighted by Crippen LogP contribution is 2.27. The first-order chi connectivity index (χ1) is 8.90. The van der Waals surface area contributed by atoms with Crippen LogP contribution in [0, 0.1) is 23.6 Å². The second-order valence-corrected chi connectivity index (χ2v) is 5.87. The number of nitrogens with zero attached hydrogens (tertiary/aromatic N) is 2. The van der Waals surface area contributed by atoms with Crippen molar-refractivity contribution in [2.45, 2.75) is 34.2 Å². The minimum atomic E-state index is -0.251. The molecule has 1 aromatic carbocycles. The molecule has 104 valence electrons. The molecule has 0 unspecified atom stereocenters. The topological polar surface area (TPSA) is 43.8 Å². The van der Waals surface area contributed by atoms with E-state index in [1.54, 1.807) is 6.07 Å². The predicted molar refractivity (Wildman–Crippen MR) is 77.3 cm³/mol. The first-order valence-electron chi connectivity index (χ1n) is 6.81. The Kier molecular flexibility index (Phi) is 3.78. The van der Waals surface area contributed by atoms with Crippen molar-refractivity contribution in [1.29, 1.82) is 0 Å². The summed E-state index contributed by atoms with van der Waals surface area (Å²) in [5, 5.41) is 0. The molecule has 1 heterocycles. The molecule has 0 atom stereocenters. The minimum absolute atomic E-state index is 0.251. The highest BCUT2D eigenvalue weighted by molar-refractivity contribution is 5.78. The third-order valence-electron chi connectivity index (χ3n) is 3.85. The zero-order valence-electron chi connectivity index (χ0n) is 12.0. The van der Waals surface area contributed by atoms with Crippen LogP contribution in [0.15, 0.2) is 18.2 Å². The highest BCUT2D eigenvalue weighted by Gasteiger charge is 2.20. The fraction of sp³-hybridized carbons (Fsp3) is 0.533. The second kappa shape index (κ2) is 5.19. The minimum Gasteiger partial charge on any atom is -0.369 e. The molecule has 0 fully saturated rings. The van der Waals surface area contributed by atoms with Gasteiger partial charge in [-0.2, -0.15) is 0 Å². The number of hydrogen-bond donors (Lipinski definition) is 1. The molecule has 4 heteroatoms. The van der Waals surface area contributed by atoms with Crippen LogP contribution in [0.25, 0.3) is 11.0 Å². The lowest BCUT2D eigenvalue weighted by Crippen LogP contribution is -2.22. The zero-order valence-corrected chi connectivity index (χ0v) is 12.0. The Morgan fingerprint density at radius 3 is 2.42 bits per heavy atom. The van der Waals surface area contributed by atoms with Crippen molar-refractivity contribution < 1.29 is 4.39 Å². The maximum atomic E-state index is 13.4. The van der Waals surface area contributed by atoms with E-state index in [1.165, 1.54) is 12.1 Å². The van der Waals surface area contributed by atoms with Gasteiger partial charge >= 0.3 is 0 Å². The van der Waals surface area contributed by atoms with Gasteiger partial charge in [0, 0.05) is 6.54 Å². The van der Waals surface area contributed by atoms with Gasteiger partial charge in [0.2, 0.25) is 5.95 Å². The van der Waals surface area contributed by atoms with Crippen LogP contribution in [0.3, 0.4) is 0 Å². The molecule has 0 aliphatic carbocycles. The Morgan fingerprint density at radius 2 is 1.84 bits per heavy atom. The lowest BCUT2D eigenvalue weighted by atomic mass is 9.85. The average molecular weight is 263 g/mol. The van der Waals surface area contributed by atoms with E-state index in [0.29, 0.717) is 23.7 Å². The number of rotatable bonds is 4. The molecule has 2 N–H and O–H groups in total. The largest absolute Gasteiger partial charge is 0.369 e. The Bertz CT molecular complexity index is 564. The standard InChI is InChI=1S/C15H22FN3/c1-9(2)12(10(3)4)8-19-14-7-11(16)5-6-13(14)18-15(19)17/h5-7,9-10,12H,8H2,1-4H3,(H2,17,18). The highest BCUT2D eigenvalue weighted by atomic mass is 19.1. The van der Waals surface area contributed by atoms with Gasteiger partial charge in [-0.25, -0.2) is 9.37 Å². The third-order valence-corrected chi connectivity index (χ3v) is 3.85. The van der Waals surface area contributed by atoms with Gasteiger partial charge < -0.3 is 10.3 Å². The number of benzene rings is 1. The summed E-state index contributed by atoms with van der Waals surface area (Å²) in [6.07, 6.45) is 0. The number of hydrogen-bond acceptors (Lipinski definition) is 2. The van der Waals surface area contributed by atoms with Crippen LogP contribution < -0.4 is 5.73 Å². The Morgan fingerprint density at radius 1 is 1.21 bits per heavy atom. The normalized spacial score (nSPS) is 12.2. The fourth-order valence-electron chi connectivity index (χ4n) is 2.71. The van der Waals surface area contributed by atoms with Crippen molar-refractivity contribution in [3.63, 3.8) is 0 Å². The molecule has 0 saturated heterocycles. The van der Waals surface area contributed by atoms with E-state index in [2.05, 4.69) is 32.7 Å². The molecular formula is C15H22FN3. The van der Waals surface area contributed by atoms with Crippen molar-refractivity contribution in [3.8, 4) is 0 Å². The quantitative estimate of drug-likeness (QED) is 0.914. The van der Waals surface area contributed by atoms with Crippen LogP contribution in [0.2, 0.25) is 0 Å². The summed E-state index contributed by atoms with van der Waals surface area (Å²) in [5.74, 6) is 1.80. The lowest BCUT2D eigenvalue weighted by molar-refractivity contribution is 0.255. The molecule has 0 spiro atoms. The van der Waals surface area contributed by atoms with Gasteiger partial charge in [0.25, 0.3) is 0 Å². The van der Waals surface area contributed by atoms with Gasteiger partial charge in [0.15, 0.2) is 0 Å². The van der Waals surface area contributed by atoms with Crippen molar-refractivity contribution in [2.24, 2.45) is 17.8 Å². The Balaban J connectivity index is 2.44. The van der Waals surface area contributed by atoms with Crippen LogP contribution in [-0.2, 0) is 6.54 Å². The van der Waals surface area contributed by atoms with Crippen LogP contribution in [-0.4, -0.2) is 9.55 Å². The molecule has 19 heavy (non-hydrogen) atoms. The summed E-state index contributed by atoms with van der Waals surface area (Å²) >= 11 is 0. The smallest absolute Gasteiger partial charge is 0.201 e. The number of fused-ring (bicyclic) bond motifs is 1. The molecule has 0 aliphatic rings. The molecule has 0 amide bonds. The second-order valence-electron chi connectivity index (χ2n) is 5.87.